The molecule has 0 atom stereocenters. The number of aliphatic imine (C=N–C) groups is 1. The molecule has 0 amide bonds. The van der Waals surface area contributed by atoms with Gasteiger partial charge in [-0.25, -0.2) is 0 Å². The molecule has 0 aromatic heterocycles. The maximum Gasteiger partial charge on any atom is 0.0629 e. The van der Waals surface area contributed by atoms with E-state index in [4.69, 9.17) is 0 Å². The number of rotatable bonds is 5. The van der Waals surface area contributed by atoms with Gasteiger partial charge in [0.05, 0.1) is 5.69 Å². The first kappa shape index (κ1) is 16.8. The fourth-order valence-electron chi connectivity index (χ4n) is 2.96. The number of anilines is 1. The minimum absolute atomic E-state index is 0.936. The van der Waals surface area contributed by atoms with Gasteiger partial charge in [-0.15, -0.1) is 0 Å². The molecule has 0 spiro atoms. The molecule has 1 N–H and O–H groups in total. The van der Waals surface area contributed by atoms with E-state index in [2.05, 4.69) is 64.9 Å². The van der Waals surface area contributed by atoms with Crippen LogP contribution < -0.4 is 5.32 Å². The number of para-hydroxylation sites is 2. The van der Waals surface area contributed by atoms with Crippen LogP contribution in [0.2, 0.25) is 0 Å². The molecule has 4 rings (SSSR count). The summed E-state index contributed by atoms with van der Waals surface area (Å²) in [5.41, 5.74) is 4.11. The summed E-state index contributed by atoms with van der Waals surface area (Å²) in [4.78, 5) is 4.53. The van der Waals surface area contributed by atoms with Crippen molar-refractivity contribution < 1.29 is 0 Å². The van der Waals surface area contributed by atoms with Crippen molar-refractivity contribution in [3.05, 3.63) is 115 Å². The molecular formula is C25H20N2. The average Bonchev–Trinajstić information content (AvgIpc) is 2.74. The SMILES string of the molecule is C(/C=C(\Nc1ccccc1)c1ccc2ccccc2c1)=Nc1ccccc1. The van der Waals surface area contributed by atoms with Crippen LogP contribution in [0.1, 0.15) is 5.56 Å². The van der Waals surface area contributed by atoms with Crippen LogP contribution in [-0.4, -0.2) is 6.21 Å². The van der Waals surface area contributed by atoms with Gasteiger partial charge in [0.1, 0.15) is 0 Å². The minimum atomic E-state index is 0.936. The molecule has 0 aliphatic carbocycles. The monoisotopic (exact) mass is 348 g/mol. The lowest BCUT2D eigenvalue weighted by atomic mass is 10.0. The summed E-state index contributed by atoms with van der Waals surface area (Å²) >= 11 is 0. The highest BCUT2D eigenvalue weighted by Crippen LogP contribution is 2.23. The number of nitrogens with one attached hydrogen (secondary N) is 1. The van der Waals surface area contributed by atoms with E-state index in [1.807, 2.05) is 60.8 Å². The summed E-state index contributed by atoms with van der Waals surface area (Å²) in [7, 11) is 0. The third-order valence-corrected chi connectivity index (χ3v) is 4.33. The van der Waals surface area contributed by atoms with E-state index in [1.54, 1.807) is 0 Å². The highest BCUT2D eigenvalue weighted by Gasteiger charge is 2.03. The third kappa shape index (κ3) is 4.31. The Morgan fingerprint density at radius 3 is 2.11 bits per heavy atom. The Bertz CT molecular complexity index is 1080. The number of nitrogens with zero attached hydrogens (tertiary/aromatic N) is 1. The van der Waals surface area contributed by atoms with Crippen molar-refractivity contribution in [2.24, 2.45) is 4.99 Å². The van der Waals surface area contributed by atoms with Crippen molar-refractivity contribution >= 4 is 34.1 Å². The molecule has 2 heteroatoms. The molecule has 0 aliphatic rings. The average molecular weight is 348 g/mol. The van der Waals surface area contributed by atoms with Gasteiger partial charge in [-0.1, -0.05) is 72.8 Å². The molecule has 0 heterocycles. The molecule has 0 aliphatic heterocycles. The first-order valence-electron chi connectivity index (χ1n) is 8.99. The van der Waals surface area contributed by atoms with Crippen molar-refractivity contribution in [1.82, 2.24) is 0 Å². The molecule has 4 aromatic carbocycles. The van der Waals surface area contributed by atoms with Crippen LogP contribution in [0.4, 0.5) is 11.4 Å². The summed E-state index contributed by atoms with van der Waals surface area (Å²) in [5, 5.41) is 5.97. The van der Waals surface area contributed by atoms with Gasteiger partial charge in [-0.05, 0) is 52.7 Å². The van der Waals surface area contributed by atoms with Gasteiger partial charge in [-0.2, -0.15) is 0 Å². The maximum atomic E-state index is 4.53. The second-order valence-electron chi connectivity index (χ2n) is 6.25. The second kappa shape index (κ2) is 8.15. The topological polar surface area (TPSA) is 24.4 Å². The van der Waals surface area contributed by atoms with Crippen molar-refractivity contribution in [3.8, 4) is 0 Å². The predicted molar refractivity (Wildman–Crippen MR) is 117 cm³/mol. The van der Waals surface area contributed by atoms with Crippen molar-refractivity contribution in [1.29, 1.82) is 0 Å². The van der Waals surface area contributed by atoms with Gasteiger partial charge in [0.25, 0.3) is 0 Å². The molecule has 27 heavy (non-hydrogen) atoms. The van der Waals surface area contributed by atoms with E-state index in [1.165, 1.54) is 10.8 Å². The molecule has 0 saturated carbocycles. The highest BCUT2D eigenvalue weighted by molar-refractivity contribution is 5.93. The molecule has 0 saturated heterocycles. The Kier molecular flexibility index (Phi) is 5.07. The third-order valence-electron chi connectivity index (χ3n) is 4.33. The van der Waals surface area contributed by atoms with E-state index >= 15 is 0 Å². The largest absolute Gasteiger partial charge is 0.355 e. The molecule has 4 aromatic rings. The van der Waals surface area contributed by atoms with Crippen LogP contribution in [-0.2, 0) is 0 Å². The van der Waals surface area contributed by atoms with Crippen molar-refractivity contribution in [2.45, 2.75) is 0 Å². The lowest BCUT2D eigenvalue weighted by Gasteiger charge is -2.12. The maximum absolute atomic E-state index is 4.53. The number of hydrogen-bond acceptors (Lipinski definition) is 2. The Balaban J connectivity index is 1.70. The number of hydrogen-bond donors (Lipinski definition) is 1. The molecule has 2 nitrogen and oxygen atoms in total. The standard InChI is InChI=1S/C25H20N2/c1-3-11-23(12-4-1)26-18-17-25(27-24-13-5-2-6-14-24)22-16-15-20-9-7-8-10-21(20)19-22/h1-19,27H/b25-17-,26-18?. The van der Waals surface area contributed by atoms with E-state index in [-0.39, 0.29) is 0 Å². The van der Waals surface area contributed by atoms with Gasteiger partial charge in [0.2, 0.25) is 0 Å². The Morgan fingerprint density at radius 1 is 0.667 bits per heavy atom. The van der Waals surface area contributed by atoms with Crippen LogP contribution in [0.5, 0.6) is 0 Å². The molecule has 0 fully saturated rings. The van der Waals surface area contributed by atoms with E-state index < -0.39 is 0 Å². The number of benzene rings is 4. The van der Waals surface area contributed by atoms with E-state index in [9.17, 15) is 0 Å². The smallest absolute Gasteiger partial charge is 0.0629 e. The fourth-order valence-corrected chi connectivity index (χ4v) is 2.96. The Morgan fingerprint density at radius 2 is 1.33 bits per heavy atom. The first-order chi connectivity index (χ1) is 13.4. The summed E-state index contributed by atoms with van der Waals surface area (Å²) < 4.78 is 0. The van der Waals surface area contributed by atoms with Crippen molar-refractivity contribution in [3.63, 3.8) is 0 Å². The first-order valence-corrected chi connectivity index (χ1v) is 8.99. The number of allylic oxidation sites excluding steroid dienone is 1. The van der Waals surface area contributed by atoms with Crippen molar-refractivity contribution in [2.75, 3.05) is 5.32 Å². The minimum Gasteiger partial charge on any atom is -0.355 e. The van der Waals surface area contributed by atoms with Crippen LogP contribution in [0.3, 0.4) is 0 Å². The quantitative estimate of drug-likeness (QED) is 0.399. The van der Waals surface area contributed by atoms with Crippen LogP contribution >= 0.6 is 0 Å². The van der Waals surface area contributed by atoms with Gasteiger partial charge >= 0.3 is 0 Å². The van der Waals surface area contributed by atoms with Gasteiger partial charge < -0.3 is 5.32 Å². The van der Waals surface area contributed by atoms with E-state index in [0.717, 1.165) is 22.6 Å². The zero-order chi connectivity index (χ0) is 18.3. The van der Waals surface area contributed by atoms with Crippen LogP contribution in [0.15, 0.2) is 114 Å². The molecule has 130 valence electrons. The predicted octanol–water partition coefficient (Wildman–Crippen LogP) is 6.70. The summed E-state index contributed by atoms with van der Waals surface area (Å²) in [6.45, 7) is 0. The lowest BCUT2D eigenvalue weighted by Crippen LogP contribution is -1.99. The molecular weight excluding hydrogens is 328 g/mol. The summed E-state index contributed by atoms with van der Waals surface area (Å²) in [6.07, 6.45) is 3.86. The second-order valence-corrected chi connectivity index (χ2v) is 6.25. The highest BCUT2D eigenvalue weighted by atomic mass is 14.9. The molecule has 0 bridgehead atoms. The van der Waals surface area contributed by atoms with Gasteiger partial charge in [-0.3, -0.25) is 4.99 Å². The molecule has 0 radical (unpaired) electrons. The van der Waals surface area contributed by atoms with Gasteiger partial charge in [0, 0.05) is 17.6 Å². The fraction of sp³-hybridized carbons (Fsp3) is 0. The number of fused-ring (bicyclic) bond motifs is 1. The Hall–Kier alpha value is -3.65. The van der Waals surface area contributed by atoms with Crippen LogP contribution in [0.25, 0.3) is 16.5 Å². The van der Waals surface area contributed by atoms with E-state index in [0.29, 0.717) is 0 Å². The summed E-state index contributed by atoms with van der Waals surface area (Å²) in [5.74, 6) is 0. The summed E-state index contributed by atoms with van der Waals surface area (Å²) in [6, 6.07) is 35.0. The van der Waals surface area contributed by atoms with Crippen LogP contribution in [0, 0.1) is 0 Å². The molecule has 0 unspecified atom stereocenters. The lowest BCUT2D eigenvalue weighted by molar-refractivity contribution is 1.53. The zero-order valence-corrected chi connectivity index (χ0v) is 14.9. The normalized spacial score (nSPS) is 11.8. The van der Waals surface area contributed by atoms with Gasteiger partial charge in [0.15, 0.2) is 0 Å². The Labute approximate surface area is 159 Å². The zero-order valence-electron chi connectivity index (χ0n) is 14.9.